The minimum Gasteiger partial charge on any atom is -0.455 e. The lowest BCUT2D eigenvalue weighted by Gasteiger charge is -2.03. The number of carbonyl (C=O) groups excluding carboxylic acids is 1. The summed E-state index contributed by atoms with van der Waals surface area (Å²) in [5.41, 5.74) is 1.95. The normalized spacial score (nSPS) is 10.6. The lowest BCUT2D eigenvalue weighted by molar-refractivity contribution is 0.0466. The standard InChI is InChI=1S/C14H10ClN3O3S/c1-8-11(12(17-21-8)9-5-3-2-4-6-9)14(19)20-7-10-13(15)22-18-16-10/h2-6H,7H2,1H3. The van der Waals surface area contributed by atoms with E-state index < -0.39 is 5.97 Å². The topological polar surface area (TPSA) is 78.1 Å². The second kappa shape index (κ2) is 6.25. The predicted octanol–water partition coefficient (Wildman–Crippen LogP) is 3.51. The van der Waals surface area contributed by atoms with E-state index >= 15 is 0 Å². The van der Waals surface area contributed by atoms with Crippen molar-refractivity contribution in [3.8, 4) is 11.3 Å². The number of hydrogen-bond acceptors (Lipinski definition) is 7. The number of rotatable bonds is 4. The van der Waals surface area contributed by atoms with Crippen LogP contribution < -0.4 is 0 Å². The monoisotopic (exact) mass is 335 g/mol. The number of aryl methyl sites for hydroxylation is 1. The van der Waals surface area contributed by atoms with Gasteiger partial charge >= 0.3 is 5.97 Å². The summed E-state index contributed by atoms with van der Waals surface area (Å²) in [4.78, 5) is 12.3. The molecule has 2 heterocycles. The number of esters is 1. The van der Waals surface area contributed by atoms with Crippen LogP contribution in [0.4, 0.5) is 0 Å². The molecule has 0 saturated heterocycles. The fourth-order valence-corrected chi connectivity index (χ4v) is 2.50. The van der Waals surface area contributed by atoms with Crippen LogP contribution in [0.3, 0.4) is 0 Å². The lowest BCUT2D eigenvalue weighted by atomic mass is 10.1. The SMILES string of the molecule is Cc1onc(-c2ccccc2)c1C(=O)OCc1nnsc1Cl. The van der Waals surface area contributed by atoms with Gasteiger partial charge in [0.2, 0.25) is 0 Å². The van der Waals surface area contributed by atoms with Gasteiger partial charge in [0.1, 0.15) is 33.7 Å². The molecule has 22 heavy (non-hydrogen) atoms. The first-order chi connectivity index (χ1) is 10.7. The van der Waals surface area contributed by atoms with Crippen molar-refractivity contribution in [3.63, 3.8) is 0 Å². The molecule has 1 aromatic carbocycles. The number of carbonyl (C=O) groups is 1. The van der Waals surface area contributed by atoms with Gasteiger partial charge in [-0.15, -0.1) is 5.10 Å². The van der Waals surface area contributed by atoms with E-state index in [1.165, 1.54) is 0 Å². The molecule has 8 heteroatoms. The van der Waals surface area contributed by atoms with Crippen molar-refractivity contribution < 1.29 is 14.1 Å². The highest BCUT2D eigenvalue weighted by Gasteiger charge is 2.23. The fraction of sp³-hybridized carbons (Fsp3) is 0.143. The molecule has 3 aromatic rings. The summed E-state index contributed by atoms with van der Waals surface area (Å²) in [6.45, 7) is 1.61. The molecule has 0 unspecified atom stereocenters. The fourth-order valence-electron chi connectivity index (χ4n) is 1.89. The molecule has 0 fully saturated rings. The molecule has 0 N–H and O–H groups in total. The summed E-state index contributed by atoms with van der Waals surface area (Å²) >= 11 is 6.92. The Bertz CT molecular complexity index is 801. The van der Waals surface area contributed by atoms with Gasteiger partial charge in [0.05, 0.1) is 0 Å². The molecule has 0 aliphatic carbocycles. The van der Waals surface area contributed by atoms with Crippen molar-refractivity contribution in [2.75, 3.05) is 0 Å². The van der Waals surface area contributed by atoms with Gasteiger partial charge in [-0.1, -0.05) is 51.6 Å². The van der Waals surface area contributed by atoms with Crippen molar-refractivity contribution in [1.29, 1.82) is 0 Å². The first-order valence-electron chi connectivity index (χ1n) is 6.32. The molecule has 0 spiro atoms. The smallest absolute Gasteiger partial charge is 0.344 e. The minimum atomic E-state index is -0.540. The second-order valence-electron chi connectivity index (χ2n) is 4.40. The van der Waals surface area contributed by atoms with E-state index in [1.54, 1.807) is 6.92 Å². The average Bonchev–Trinajstić information content (AvgIpc) is 3.11. The molecule has 0 aliphatic rings. The first kappa shape index (κ1) is 14.7. The van der Waals surface area contributed by atoms with Gasteiger partial charge in [-0.25, -0.2) is 4.79 Å². The molecule has 0 saturated carbocycles. The Morgan fingerprint density at radius 3 is 2.82 bits per heavy atom. The number of nitrogens with zero attached hydrogens (tertiary/aromatic N) is 3. The van der Waals surface area contributed by atoms with Crippen molar-refractivity contribution in [1.82, 2.24) is 14.7 Å². The largest absolute Gasteiger partial charge is 0.455 e. The van der Waals surface area contributed by atoms with Gasteiger partial charge in [-0.05, 0) is 6.92 Å². The lowest BCUT2D eigenvalue weighted by Crippen LogP contribution is -2.07. The third kappa shape index (κ3) is 2.86. The Morgan fingerprint density at radius 1 is 1.36 bits per heavy atom. The number of hydrogen-bond donors (Lipinski definition) is 0. The van der Waals surface area contributed by atoms with Crippen LogP contribution in [0, 0.1) is 6.92 Å². The zero-order valence-electron chi connectivity index (χ0n) is 11.4. The Kier molecular flexibility index (Phi) is 4.17. The van der Waals surface area contributed by atoms with Crippen LogP contribution in [0.15, 0.2) is 34.9 Å². The summed E-state index contributed by atoms with van der Waals surface area (Å²) in [6.07, 6.45) is 0. The van der Waals surface area contributed by atoms with E-state index in [0.29, 0.717) is 27.0 Å². The van der Waals surface area contributed by atoms with E-state index in [-0.39, 0.29) is 6.61 Å². The summed E-state index contributed by atoms with van der Waals surface area (Å²) in [5, 5.41) is 7.73. The third-order valence-corrected chi connectivity index (χ3v) is 3.95. The van der Waals surface area contributed by atoms with E-state index in [0.717, 1.165) is 17.1 Å². The van der Waals surface area contributed by atoms with Crippen molar-refractivity contribution in [2.45, 2.75) is 13.5 Å². The van der Waals surface area contributed by atoms with E-state index in [9.17, 15) is 4.79 Å². The van der Waals surface area contributed by atoms with Crippen LogP contribution >= 0.6 is 23.1 Å². The Hall–Kier alpha value is -2.25. The molecule has 112 valence electrons. The highest BCUT2D eigenvalue weighted by atomic mass is 35.5. The van der Waals surface area contributed by atoms with E-state index in [1.807, 2.05) is 30.3 Å². The Labute approximate surface area is 134 Å². The van der Waals surface area contributed by atoms with E-state index in [2.05, 4.69) is 14.7 Å². The quantitative estimate of drug-likeness (QED) is 0.679. The van der Waals surface area contributed by atoms with Gasteiger partial charge in [-0.3, -0.25) is 0 Å². The maximum absolute atomic E-state index is 12.3. The van der Waals surface area contributed by atoms with Gasteiger partial charge in [-0.2, -0.15) is 0 Å². The number of ether oxygens (including phenoxy) is 1. The highest BCUT2D eigenvalue weighted by Crippen LogP contribution is 2.26. The summed E-state index contributed by atoms with van der Waals surface area (Å²) in [5.74, 6) is -0.145. The van der Waals surface area contributed by atoms with Gasteiger partial charge in [0, 0.05) is 17.1 Å². The molecule has 0 amide bonds. The molecule has 0 aliphatic heterocycles. The van der Waals surface area contributed by atoms with Crippen LogP contribution in [0.5, 0.6) is 0 Å². The number of halogens is 1. The first-order valence-corrected chi connectivity index (χ1v) is 7.47. The zero-order valence-corrected chi connectivity index (χ0v) is 13.0. The third-order valence-electron chi connectivity index (χ3n) is 2.96. The maximum Gasteiger partial charge on any atom is 0.344 e. The average molecular weight is 336 g/mol. The van der Waals surface area contributed by atoms with Crippen LogP contribution in [-0.4, -0.2) is 20.7 Å². The van der Waals surface area contributed by atoms with Gasteiger partial charge < -0.3 is 9.26 Å². The molecular formula is C14H10ClN3O3S. The summed E-state index contributed by atoms with van der Waals surface area (Å²) in [7, 11) is 0. The molecule has 0 bridgehead atoms. The van der Waals surface area contributed by atoms with E-state index in [4.69, 9.17) is 20.9 Å². The molecule has 2 aromatic heterocycles. The Morgan fingerprint density at radius 2 is 2.14 bits per heavy atom. The number of aromatic nitrogens is 3. The van der Waals surface area contributed by atoms with Crippen LogP contribution in [-0.2, 0) is 11.3 Å². The number of benzene rings is 1. The minimum absolute atomic E-state index is 0.0486. The van der Waals surface area contributed by atoms with Gasteiger partial charge in [0.25, 0.3) is 0 Å². The zero-order chi connectivity index (χ0) is 15.5. The summed E-state index contributed by atoms with van der Waals surface area (Å²) in [6, 6.07) is 9.28. The van der Waals surface area contributed by atoms with Crippen LogP contribution in [0.2, 0.25) is 4.34 Å². The maximum atomic E-state index is 12.3. The van der Waals surface area contributed by atoms with Crippen LogP contribution in [0.1, 0.15) is 21.8 Å². The molecular weight excluding hydrogens is 326 g/mol. The molecule has 0 atom stereocenters. The Balaban J connectivity index is 1.84. The van der Waals surface area contributed by atoms with Crippen LogP contribution in [0.25, 0.3) is 11.3 Å². The highest BCUT2D eigenvalue weighted by molar-refractivity contribution is 7.10. The summed E-state index contributed by atoms with van der Waals surface area (Å²) < 4.78 is 14.4. The molecule has 6 nitrogen and oxygen atoms in total. The van der Waals surface area contributed by atoms with Gasteiger partial charge in [0.15, 0.2) is 0 Å². The second-order valence-corrected chi connectivity index (χ2v) is 5.75. The van der Waals surface area contributed by atoms with Crippen molar-refractivity contribution >= 4 is 29.1 Å². The predicted molar refractivity (Wildman–Crippen MR) is 80.7 cm³/mol. The van der Waals surface area contributed by atoms with Crippen molar-refractivity contribution in [3.05, 3.63) is 51.7 Å². The molecule has 3 rings (SSSR count). The van der Waals surface area contributed by atoms with Crippen molar-refractivity contribution in [2.24, 2.45) is 0 Å². The molecule has 0 radical (unpaired) electrons.